The van der Waals surface area contributed by atoms with Gasteiger partial charge in [-0.15, -0.1) is 5.10 Å². The molecule has 0 saturated carbocycles. The minimum absolute atomic E-state index is 0.255. The zero-order valence-corrected chi connectivity index (χ0v) is 21.0. The average Bonchev–Trinajstić information content (AvgIpc) is 3.48. The molecule has 14 nitrogen and oxygen atoms in total. The van der Waals surface area contributed by atoms with E-state index < -0.39 is 27.9 Å². The van der Waals surface area contributed by atoms with Crippen molar-refractivity contribution >= 4 is 28.8 Å². The van der Waals surface area contributed by atoms with Crippen LogP contribution in [0.4, 0.5) is 31.9 Å². The summed E-state index contributed by atoms with van der Waals surface area (Å²) in [7, 11) is 0. The van der Waals surface area contributed by atoms with Gasteiger partial charge in [-0.1, -0.05) is 5.21 Å². The van der Waals surface area contributed by atoms with Crippen LogP contribution in [0.2, 0.25) is 0 Å². The highest BCUT2D eigenvalue weighted by Gasteiger charge is 2.33. The monoisotopic (exact) mass is 540 g/mol. The smallest absolute Gasteiger partial charge is 0.414 e. The maximum absolute atomic E-state index is 15.2. The molecule has 2 aliphatic heterocycles. The van der Waals surface area contributed by atoms with Gasteiger partial charge in [-0.05, 0) is 30.7 Å². The van der Waals surface area contributed by atoms with Crippen molar-refractivity contribution < 1.29 is 23.8 Å². The van der Waals surface area contributed by atoms with E-state index in [0.717, 1.165) is 11.8 Å². The molecule has 15 heteroatoms. The van der Waals surface area contributed by atoms with E-state index in [1.807, 2.05) is 16.7 Å². The van der Waals surface area contributed by atoms with Gasteiger partial charge in [-0.3, -0.25) is 30.0 Å². The third-order valence-electron chi connectivity index (χ3n) is 6.66. The Balaban J connectivity index is 1.20. The fraction of sp³-hybridized carbons (Fsp3) is 0.375. The zero-order chi connectivity index (χ0) is 27.7. The number of nitrogens with zero attached hydrogens (tertiary/aromatic N) is 8. The SMILES string of the molecule is Cc1cn(C[C@H]2CN(c3ccc(N4CCN(Cc5cc([N+](=O)[O-])cc([N+](=O)[O-])c5)CC4)c(F)c3)C(=O)O2)nn1. The first-order valence-corrected chi connectivity index (χ1v) is 12.2. The summed E-state index contributed by atoms with van der Waals surface area (Å²) in [4.78, 5) is 38.7. The molecule has 0 unspecified atom stereocenters. The van der Waals surface area contributed by atoms with E-state index in [4.69, 9.17) is 4.74 Å². The summed E-state index contributed by atoms with van der Waals surface area (Å²) in [5.41, 5.74) is 1.34. The van der Waals surface area contributed by atoms with Crippen LogP contribution in [0.25, 0.3) is 0 Å². The number of ether oxygens (including phenoxy) is 1. The van der Waals surface area contributed by atoms with Gasteiger partial charge in [0.1, 0.15) is 11.9 Å². The number of hydrogen-bond acceptors (Lipinski definition) is 10. The molecule has 0 bridgehead atoms. The highest BCUT2D eigenvalue weighted by Crippen LogP contribution is 2.29. The first kappa shape index (κ1) is 26.0. The predicted octanol–water partition coefficient (Wildman–Crippen LogP) is 2.89. The van der Waals surface area contributed by atoms with Gasteiger partial charge < -0.3 is 9.64 Å². The maximum atomic E-state index is 15.2. The van der Waals surface area contributed by atoms with E-state index in [0.29, 0.717) is 56.2 Å². The number of rotatable bonds is 8. The van der Waals surface area contributed by atoms with Gasteiger partial charge in [0.15, 0.2) is 0 Å². The van der Waals surface area contributed by atoms with E-state index in [9.17, 15) is 25.0 Å². The van der Waals surface area contributed by atoms with Gasteiger partial charge >= 0.3 is 6.09 Å². The molecule has 0 radical (unpaired) electrons. The molecule has 2 aromatic carbocycles. The second-order valence-electron chi connectivity index (χ2n) is 9.47. The molecular formula is C24H25FN8O6. The molecule has 0 aliphatic carbocycles. The molecule has 5 rings (SSSR count). The van der Waals surface area contributed by atoms with Crippen molar-refractivity contribution in [2.24, 2.45) is 0 Å². The number of nitro benzene ring substituents is 2. The minimum atomic E-state index is -0.652. The lowest BCUT2D eigenvalue weighted by molar-refractivity contribution is -0.394. The fourth-order valence-corrected chi connectivity index (χ4v) is 4.80. The molecule has 0 N–H and O–H groups in total. The Labute approximate surface area is 221 Å². The lowest BCUT2D eigenvalue weighted by Gasteiger charge is -2.36. The maximum Gasteiger partial charge on any atom is 0.414 e. The third-order valence-corrected chi connectivity index (χ3v) is 6.66. The van der Waals surface area contributed by atoms with Crippen LogP contribution < -0.4 is 9.80 Å². The average molecular weight is 541 g/mol. The van der Waals surface area contributed by atoms with Gasteiger partial charge in [0.05, 0.1) is 46.1 Å². The normalized spacial score (nSPS) is 17.9. The summed E-state index contributed by atoms with van der Waals surface area (Å²) in [6.45, 7) is 4.73. The molecular weight excluding hydrogens is 515 g/mol. The number of benzene rings is 2. The number of nitro groups is 2. The molecule has 3 heterocycles. The van der Waals surface area contributed by atoms with E-state index in [1.54, 1.807) is 23.0 Å². The van der Waals surface area contributed by atoms with Crippen LogP contribution in [0.1, 0.15) is 11.3 Å². The van der Waals surface area contributed by atoms with E-state index in [1.165, 1.54) is 23.1 Å². The number of piperazine rings is 1. The van der Waals surface area contributed by atoms with Crippen LogP contribution in [0.15, 0.2) is 42.6 Å². The topological polar surface area (TPSA) is 153 Å². The van der Waals surface area contributed by atoms with E-state index in [-0.39, 0.29) is 17.9 Å². The number of halogens is 1. The highest BCUT2D eigenvalue weighted by molar-refractivity contribution is 5.90. The van der Waals surface area contributed by atoms with Crippen molar-refractivity contribution in [3.8, 4) is 0 Å². The summed E-state index contributed by atoms with van der Waals surface area (Å²) >= 11 is 0. The number of carbonyl (C=O) groups excluding carboxylic acids is 1. The number of aryl methyl sites for hydroxylation is 1. The molecule has 3 aromatic rings. The summed E-state index contributed by atoms with van der Waals surface area (Å²) in [6.07, 6.45) is 0.749. The molecule has 204 valence electrons. The Morgan fingerprint density at radius 3 is 2.33 bits per heavy atom. The first-order valence-electron chi connectivity index (χ1n) is 12.2. The molecule has 0 spiro atoms. The molecule has 2 fully saturated rings. The summed E-state index contributed by atoms with van der Waals surface area (Å²) in [6, 6.07) is 8.22. The number of cyclic esters (lactones) is 1. The van der Waals surface area contributed by atoms with E-state index >= 15 is 4.39 Å². The van der Waals surface area contributed by atoms with Gasteiger partial charge in [0, 0.05) is 51.1 Å². The third kappa shape index (κ3) is 5.77. The molecule has 39 heavy (non-hydrogen) atoms. The lowest BCUT2D eigenvalue weighted by Crippen LogP contribution is -2.46. The Hall–Kier alpha value is -4.66. The summed E-state index contributed by atoms with van der Waals surface area (Å²) in [5, 5.41) is 30.2. The predicted molar refractivity (Wildman–Crippen MR) is 136 cm³/mol. The van der Waals surface area contributed by atoms with Gasteiger partial charge in [-0.25, -0.2) is 13.9 Å². The van der Waals surface area contributed by atoms with Crippen molar-refractivity contribution in [2.45, 2.75) is 26.1 Å². The number of aromatic nitrogens is 3. The second kappa shape index (κ2) is 10.6. The highest BCUT2D eigenvalue weighted by atomic mass is 19.1. The Bertz CT molecular complexity index is 1390. The molecule has 1 amide bonds. The van der Waals surface area contributed by atoms with Crippen LogP contribution in [0.5, 0.6) is 0 Å². The van der Waals surface area contributed by atoms with E-state index in [2.05, 4.69) is 10.3 Å². The minimum Gasteiger partial charge on any atom is -0.442 e. The largest absolute Gasteiger partial charge is 0.442 e. The number of hydrogen-bond donors (Lipinski definition) is 0. The summed E-state index contributed by atoms with van der Waals surface area (Å²) in [5.74, 6) is -0.474. The number of anilines is 2. The van der Waals surface area contributed by atoms with Crippen LogP contribution in [0, 0.1) is 33.0 Å². The number of carbonyl (C=O) groups is 1. The second-order valence-corrected chi connectivity index (χ2v) is 9.47. The zero-order valence-electron chi connectivity index (χ0n) is 21.0. The Kier molecular flexibility index (Phi) is 7.06. The number of amides is 1. The number of non-ortho nitro benzene ring substituents is 2. The van der Waals surface area contributed by atoms with Crippen molar-refractivity contribution in [1.82, 2.24) is 19.9 Å². The van der Waals surface area contributed by atoms with Crippen molar-refractivity contribution in [2.75, 3.05) is 42.5 Å². The molecule has 2 aliphatic rings. The van der Waals surface area contributed by atoms with Crippen molar-refractivity contribution in [3.05, 3.63) is 79.9 Å². The summed E-state index contributed by atoms with van der Waals surface area (Å²) < 4.78 is 22.2. The van der Waals surface area contributed by atoms with Crippen molar-refractivity contribution in [3.63, 3.8) is 0 Å². The standard InChI is InChI=1S/C24H25FN8O6/c1-16-12-30(27-26-16)14-21-15-31(24(34)39-21)18-2-3-23(22(25)11-18)29-6-4-28(5-7-29)13-17-8-19(32(35)36)10-20(9-17)33(37)38/h2-3,8-12,21H,4-7,13-15H2,1H3/t21-/m0/s1. The molecule has 1 atom stereocenters. The quantitative estimate of drug-likeness (QED) is 0.308. The first-order chi connectivity index (χ1) is 18.7. The lowest BCUT2D eigenvalue weighted by atomic mass is 10.1. The van der Waals surface area contributed by atoms with Gasteiger partial charge in [-0.2, -0.15) is 0 Å². The molecule has 2 saturated heterocycles. The van der Waals surface area contributed by atoms with Crippen LogP contribution >= 0.6 is 0 Å². The molecule has 1 aromatic heterocycles. The fourth-order valence-electron chi connectivity index (χ4n) is 4.80. The van der Waals surface area contributed by atoms with Crippen molar-refractivity contribution in [1.29, 1.82) is 0 Å². The van der Waals surface area contributed by atoms with Crippen LogP contribution in [0.3, 0.4) is 0 Å². The van der Waals surface area contributed by atoms with Crippen LogP contribution in [-0.2, 0) is 17.8 Å². The Morgan fingerprint density at radius 1 is 1.05 bits per heavy atom. The Morgan fingerprint density at radius 2 is 1.74 bits per heavy atom. The van der Waals surface area contributed by atoms with Crippen LogP contribution in [-0.4, -0.2) is 74.7 Å². The van der Waals surface area contributed by atoms with Gasteiger partial charge in [0.2, 0.25) is 0 Å². The van der Waals surface area contributed by atoms with Gasteiger partial charge in [0.25, 0.3) is 11.4 Å².